The van der Waals surface area contributed by atoms with Crippen molar-refractivity contribution < 1.29 is 9.21 Å². The van der Waals surface area contributed by atoms with Crippen molar-refractivity contribution in [1.29, 1.82) is 0 Å². The van der Waals surface area contributed by atoms with Crippen LogP contribution >= 0.6 is 11.6 Å². The second-order valence-electron chi connectivity index (χ2n) is 6.48. The third kappa shape index (κ3) is 3.57. The van der Waals surface area contributed by atoms with E-state index in [1.807, 2.05) is 50.2 Å². The summed E-state index contributed by atoms with van der Waals surface area (Å²) in [6, 6.07) is 18.4. The Morgan fingerprint density at radius 2 is 1.78 bits per heavy atom. The summed E-state index contributed by atoms with van der Waals surface area (Å²) in [4.78, 5) is 17.1. The molecule has 3 aromatic carbocycles. The molecule has 0 saturated heterocycles. The van der Waals surface area contributed by atoms with Crippen LogP contribution in [0.4, 0.5) is 5.69 Å². The molecule has 0 aliphatic heterocycles. The summed E-state index contributed by atoms with van der Waals surface area (Å²) in [7, 11) is 0. The van der Waals surface area contributed by atoms with E-state index in [-0.39, 0.29) is 5.91 Å². The first-order chi connectivity index (χ1) is 13.0. The number of benzene rings is 3. The molecule has 1 amide bonds. The first kappa shape index (κ1) is 17.3. The maximum absolute atomic E-state index is 12.5. The Morgan fingerprint density at radius 1 is 1.00 bits per heavy atom. The molecule has 134 valence electrons. The van der Waals surface area contributed by atoms with Gasteiger partial charge in [0.25, 0.3) is 5.91 Å². The minimum absolute atomic E-state index is 0.194. The molecule has 4 nitrogen and oxygen atoms in total. The molecule has 5 heteroatoms. The van der Waals surface area contributed by atoms with E-state index in [4.69, 9.17) is 16.0 Å². The summed E-state index contributed by atoms with van der Waals surface area (Å²) in [6.07, 6.45) is 0. The van der Waals surface area contributed by atoms with Gasteiger partial charge in [-0.15, -0.1) is 0 Å². The smallest absolute Gasteiger partial charge is 0.255 e. The Morgan fingerprint density at radius 3 is 2.56 bits per heavy atom. The Balaban J connectivity index is 1.66. The van der Waals surface area contributed by atoms with E-state index >= 15 is 0 Å². The zero-order valence-electron chi connectivity index (χ0n) is 14.9. The van der Waals surface area contributed by atoms with E-state index in [1.54, 1.807) is 24.3 Å². The van der Waals surface area contributed by atoms with Crippen LogP contribution in [-0.2, 0) is 0 Å². The average molecular weight is 377 g/mol. The molecule has 27 heavy (non-hydrogen) atoms. The van der Waals surface area contributed by atoms with Crippen LogP contribution in [0.3, 0.4) is 0 Å². The predicted octanol–water partition coefficient (Wildman–Crippen LogP) is 6.02. The fourth-order valence-electron chi connectivity index (χ4n) is 2.85. The van der Waals surface area contributed by atoms with Crippen LogP contribution in [0.25, 0.3) is 22.6 Å². The fraction of sp³-hybridized carbons (Fsp3) is 0.0909. The summed E-state index contributed by atoms with van der Waals surface area (Å²) in [5, 5.41) is 3.54. The highest BCUT2D eigenvalue weighted by Gasteiger charge is 2.12. The Kier molecular flexibility index (Phi) is 4.42. The van der Waals surface area contributed by atoms with Gasteiger partial charge in [0.2, 0.25) is 5.89 Å². The van der Waals surface area contributed by atoms with Gasteiger partial charge in [0.05, 0.1) is 0 Å². The van der Waals surface area contributed by atoms with Gasteiger partial charge in [-0.25, -0.2) is 4.98 Å². The van der Waals surface area contributed by atoms with Crippen molar-refractivity contribution >= 4 is 34.3 Å². The minimum atomic E-state index is -0.194. The van der Waals surface area contributed by atoms with Crippen molar-refractivity contribution in [2.75, 3.05) is 5.32 Å². The van der Waals surface area contributed by atoms with E-state index in [1.165, 1.54) is 0 Å². The lowest BCUT2D eigenvalue weighted by molar-refractivity contribution is 0.102. The number of anilines is 1. The van der Waals surface area contributed by atoms with Crippen LogP contribution < -0.4 is 5.32 Å². The molecule has 0 aliphatic rings. The normalized spacial score (nSPS) is 10.9. The SMILES string of the molecule is Cc1ccc2oc(-c3ccc(C)c(NC(=O)c4ccc(Cl)cc4)c3)nc2c1. The summed E-state index contributed by atoms with van der Waals surface area (Å²) < 4.78 is 5.87. The molecule has 0 aliphatic carbocycles. The predicted molar refractivity (Wildman–Crippen MR) is 108 cm³/mol. The van der Waals surface area contributed by atoms with Gasteiger partial charge in [-0.05, 0) is 73.5 Å². The van der Waals surface area contributed by atoms with Gasteiger partial charge in [-0.1, -0.05) is 23.7 Å². The van der Waals surface area contributed by atoms with E-state index in [9.17, 15) is 4.79 Å². The van der Waals surface area contributed by atoms with Gasteiger partial charge < -0.3 is 9.73 Å². The number of fused-ring (bicyclic) bond motifs is 1. The van der Waals surface area contributed by atoms with E-state index < -0.39 is 0 Å². The standard InChI is InChI=1S/C22H17ClN2O2/c1-13-3-10-20-19(11-13)25-22(27-20)16-5-4-14(2)18(12-16)24-21(26)15-6-8-17(23)9-7-15/h3-12H,1-2H3,(H,24,26). The lowest BCUT2D eigenvalue weighted by Crippen LogP contribution is -2.12. The highest BCUT2D eigenvalue weighted by atomic mass is 35.5. The summed E-state index contributed by atoms with van der Waals surface area (Å²) >= 11 is 5.88. The molecule has 0 saturated carbocycles. The molecule has 0 unspecified atom stereocenters. The van der Waals surface area contributed by atoms with Crippen molar-refractivity contribution in [3.05, 3.63) is 82.4 Å². The van der Waals surface area contributed by atoms with Crippen molar-refractivity contribution in [1.82, 2.24) is 4.98 Å². The molecule has 4 aromatic rings. The van der Waals surface area contributed by atoms with Crippen molar-refractivity contribution in [2.24, 2.45) is 0 Å². The van der Waals surface area contributed by atoms with Gasteiger partial charge in [-0.2, -0.15) is 0 Å². The molecular weight excluding hydrogens is 360 g/mol. The number of rotatable bonds is 3. The van der Waals surface area contributed by atoms with Gasteiger partial charge in [0.1, 0.15) is 5.52 Å². The summed E-state index contributed by atoms with van der Waals surface area (Å²) in [5.74, 6) is 0.331. The first-order valence-electron chi connectivity index (χ1n) is 8.55. The Labute approximate surface area is 161 Å². The van der Waals surface area contributed by atoms with Gasteiger partial charge in [-0.3, -0.25) is 4.79 Å². The Bertz CT molecular complexity index is 1150. The molecule has 1 N–H and O–H groups in total. The number of nitrogens with zero attached hydrogens (tertiary/aromatic N) is 1. The number of nitrogens with one attached hydrogen (secondary N) is 1. The van der Waals surface area contributed by atoms with Crippen LogP contribution in [0, 0.1) is 13.8 Å². The number of hydrogen-bond donors (Lipinski definition) is 1. The summed E-state index contributed by atoms with van der Waals surface area (Å²) in [6.45, 7) is 3.96. The average Bonchev–Trinajstić information content (AvgIpc) is 3.07. The molecule has 1 aromatic heterocycles. The monoisotopic (exact) mass is 376 g/mol. The zero-order chi connectivity index (χ0) is 19.0. The largest absolute Gasteiger partial charge is 0.436 e. The van der Waals surface area contributed by atoms with Crippen LogP contribution in [0.2, 0.25) is 5.02 Å². The number of amides is 1. The number of halogens is 1. The van der Waals surface area contributed by atoms with Crippen LogP contribution in [0.1, 0.15) is 21.5 Å². The number of hydrogen-bond acceptors (Lipinski definition) is 3. The molecule has 1 heterocycles. The fourth-order valence-corrected chi connectivity index (χ4v) is 2.97. The molecule has 0 bridgehead atoms. The summed E-state index contributed by atoms with van der Waals surface area (Å²) in [5.41, 5.74) is 5.70. The maximum atomic E-state index is 12.5. The third-order valence-corrected chi connectivity index (χ3v) is 4.63. The van der Waals surface area contributed by atoms with Crippen LogP contribution in [0.15, 0.2) is 65.1 Å². The Hall–Kier alpha value is -3.11. The maximum Gasteiger partial charge on any atom is 0.255 e. The number of oxazole rings is 1. The van der Waals surface area contributed by atoms with Crippen molar-refractivity contribution in [3.63, 3.8) is 0 Å². The first-order valence-corrected chi connectivity index (χ1v) is 8.92. The van der Waals surface area contributed by atoms with Gasteiger partial charge in [0, 0.05) is 21.8 Å². The highest BCUT2D eigenvalue weighted by Crippen LogP contribution is 2.28. The highest BCUT2D eigenvalue weighted by molar-refractivity contribution is 6.30. The molecule has 0 fully saturated rings. The topological polar surface area (TPSA) is 55.1 Å². The molecule has 4 rings (SSSR count). The number of aryl methyl sites for hydroxylation is 2. The number of carbonyl (C=O) groups excluding carboxylic acids is 1. The van der Waals surface area contributed by atoms with E-state index in [0.717, 1.165) is 27.8 Å². The lowest BCUT2D eigenvalue weighted by Gasteiger charge is -2.10. The van der Waals surface area contributed by atoms with E-state index in [2.05, 4.69) is 10.3 Å². The second kappa shape index (κ2) is 6.89. The second-order valence-corrected chi connectivity index (χ2v) is 6.92. The molecule has 0 radical (unpaired) electrons. The van der Waals surface area contributed by atoms with E-state index in [0.29, 0.717) is 22.2 Å². The third-order valence-electron chi connectivity index (χ3n) is 4.38. The molecule has 0 atom stereocenters. The van der Waals surface area contributed by atoms with Crippen LogP contribution in [0.5, 0.6) is 0 Å². The quantitative estimate of drug-likeness (QED) is 0.475. The number of aromatic nitrogens is 1. The van der Waals surface area contributed by atoms with Crippen LogP contribution in [-0.4, -0.2) is 10.9 Å². The van der Waals surface area contributed by atoms with Crippen molar-refractivity contribution in [3.8, 4) is 11.5 Å². The number of carbonyl (C=O) groups is 1. The van der Waals surface area contributed by atoms with Gasteiger partial charge in [0.15, 0.2) is 5.58 Å². The molecular formula is C22H17ClN2O2. The molecule has 0 spiro atoms. The van der Waals surface area contributed by atoms with Gasteiger partial charge >= 0.3 is 0 Å². The zero-order valence-corrected chi connectivity index (χ0v) is 15.7. The minimum Gasteiger partial charge on any atom is -0.436 e. The lowest BCUT2D eigenvalue weighted by atomic mass is 10.1. The van der Waals surface area contributed by atoms with Crippen molar-refractivity contribution in [2.45, 2.75) is 13.8 Å².